The van der Waals surface area contributed by atoms with Gasteiger partial charge in [-0.25, -0.2) is 4.79 Å². The van der Waals surface area contributed by atoms with Crippen LogP contribution in [0.15, 0.2) is 29.2 Å². The quantitative estimate of drug-likeness (QED) is 0.690. The van der Waals surface area contributed by atoms with E-state index in [-0.39, 0.29) is 22.8 Å². The van der Waals surface area contributed by atoms with Crippen LogP contribution in [-0.4, -0.2) is 29.0 Å². The summed E-state index contributed by atoms with van der Waals surface area (Å²) in [7, 11) is 0. The predicted molar refractivity (Wildman–Crippen MR) is 94.6 cm³/mol. The van der Waals surface area contributed by atoms with Gasteiger partial charge in [0.05, 0.1) is 0 Å². The number of rotatable bonds is 6. The molecule has 1 rings (SSSR count). The minimum absolute atomic E-state index is 0.112. The van der Waals surface area contributed by atoms with E-state index in [0.717, 1.165) is 5.69 Å². The lowest BCUT2D eigenvalue weighted by molar-refractivity contribution is 0.204. The Bertz CT molecular complexity index is 478. The second-order valence-corrected chi connectivity index (χ2v) is 9.08. The zero-order chi connectivity index (χ0) is 16.8. The molecule has 1 aromatic carbocycles. The molecule has 4 nitrogen and oxygen atoms in total. The second kappa shape index (κ2) is 7.88. The van der Waals surface area contributed by atoms with Gasteiger partial charge in [-0.05, 0) is 36.1 Å². The molecule has 1 aromatic rings. The molecule has 0 bridgehead atoms. The molecule has 22 heavy (non-hydrogen) atoms. The second-order valence-electron chi connectivity index (χ2n) is 7.18. The molecule has 3 N–H and O–H groups in total. The van der Waals surface area contributed by atoms with Crippen molar-refractivity contribution in [2.75, 3.05) is 18.5 Å². The van der Waals surface area contributed by atoms with E-state index in [1.165, 1.54) is 4.90 Å². The highest BCUT2D eigenvalue weighted by Gasteiger charge is 2.18. The summed E-state index contributed by atoms with van der Waals surface area (Å²) in [5.74, 6) is 0. The summed E-state index contributed by atoms with van der Waals surface area (Å²) in [6.45, 7) is 11.2. The van der Waals surface area contributed by atoms with Gasteiger partial charge in [-0.3, -0.25) is 0 Å². The number of carbonyl (C=O) groups is 1. The molecule has 124 valence electrons. The zero-order valence-electron chi connectivity index (χ0n) is 14.2. The highest BCUT2D eigenvalue weighted by molar-refractivity contribution is 8.00. The van der Waals surface area contributed by atoms with Crippen LogP contribution in [0.25, 0.3) is 0 Å². The number of carbonyl (C=O) groups excluding carboxylic acids is 1. The number of urea groups is 1. The average Bonchev–Trinajstić information content (AvgIpc) is 2.37. The average molecular weight is 324 g/mol. The van der Waals surface area contributed by atoms with Gasteiger partial charge in [0, 0.05) is 28.5 Å². The Morgan fingerprint density at radius 1 is 1.14 bits per heavy atom. The Labute approximate surface area is 138 Å². The zero-order valence-corrected chi connectivity index (χ0v) is 15.0. The number of aliphatic hydroxyl groups is 1. The fourth-order valence-corrected chi connectivity index (χ4v) is 2.83. The molecule has 0 heterocycles. The van der Waals surface area contributed by atoms with Crippen molar-refractivity contribution in [3.63, 3.8) is 0 Å². The normalized spacial score (nSPS) is 12.1. The lowest BCUT2D eigenvalue weighted by atomic mass is 9.90. The minimum atomic E-state index is -0.220. The van der Waals surface area contributed by atoms with Crippen LogP contribution in [-0.2, 0) is 0 Å². The molecule has 0 fully saturated rings. The molecule has 0 aliphatic heterocycles. The molecule has 0 aromatic heterocycles. The number of thioether (sulfide) groups is 1. The van der Waals surface area contributed by atoms with Gasteiger partial charge in [0.25, 0.3) is 0 Å². The monoisotopic (exact) mass is 324 g/mol. The molecule has 0 saturated carbocycles. The van der Waals surface area contributed by atoms with Crippen molar-refractivity contribution in [1.29, 1.82) is 0 Å². The van der Waals surface area contributed by atoms with E-state index in [1.54, 1.807) is 11.8 Å². The van der Waals surface area contributed by atoms with Gasteiger partial charge >= 0.3 is 6.03 Å². The van der Waals surface area contributed by atoms with Crippen molar-refractivity contribution >= 4 is 23.5 Å². The van der Waals surface area contributed by atoms with Crippen molar-refractivity contribution in [3.05, 3.63) is 24.3 Å². The van der Waals surface area contributed by atoms with Crippen molar-refractivity contribution in [3.8, 4) is 0 Å². The third-order valence-electron chi connectivity index (χ3n) is 3.05. The predicted octanol–water partition coefficient (Wildman–Crippen LogP) is 4.11. The summed E-state index contributed by atoms with van der Waals surface area (Å²) < 4.78 is 0.171. The first kappa shape index (κ1) is 18.8. The lowest BCUT2D eigenvalue weighted by Gasteiger charge is -2.23. The SMILES string of the molecule is CC(C)(CCO)CNC(=O)Nc1ccc(SC(C)(C)C)cc1. The van der Waals surface area contributed by atoms with E-state index >= 15 is 0 Å². The number of anilines is 1. The Morgan fingerprint density at radius 2 is 1.73 bits per heavy atom. The molecular weight excluding hydrogens is 296 g/mol. The van der Waals surface area contributed by atoms with Crippen LogP contribution in [0.2, 0.25) is 0 Å². The third kappa shape index (κ3) is 7.71. The molecule has 0 aliphatic carbocycles. The first-order valence-corrected chi connectivity index (χ1v) is 8.38. The number of nitrogens with one attached hydrogen (secondary N) is 2. The minimum Gasteiger partial charge on any atom is -0.396 e. The first-order chi connectivity index (χ1) is 10.1. The van der Waals surface area contributed by atoms with Gasteiger partial charge < -0.3 is 15.7 Å². The van der Waals surface area contributed by atoms with E-state index in [1.807, 2.05) is 38.1 Å². The standard InChI is InChI=1S/C17H28N2O2S/c1-16(2,3)22-14-8-6-13(7-9-14)19-15(21)18-12-17(4,5)10-11-20/h6-9,20H,10-12H2,1-5H3,(H2,18,19,21). The van der Waals surface area contributed by atoms with Crippen LogP contribution in [0.1, 0.15) is 41.0 Å². The fraction of sp³-hybridized carbons (Fsp3) is 0.588. The molecule has 0 spiro atoms. The van der Waals surface area contributed by atoms with Crippen LogP contribution in [0.5, 0.6) is 0 Å². The van der Waals surface area contributed by atoms with Crippen LogP contribution in [0, 0.1) is 5.41 Å². The number of aliphatic hydroxyl groups excluding tert-OH is 1. The van der Waals surface area contributed by atoms with Gasteiger partial charge in [-0.2, -0.15) is 0 Å². The first-order valence-electron chi connectivity index (χ1n) is 7.56. The van der Waals surface area contributed by atoms with E-state index in [4.69, 9.17) is 5.11 Å². The Balaban J connectivity index is 2.48. The Kier molecular flexibility index (Phi) is 6.75. The maximum absolute atomic E-state index is 11.9. The van der Waals surface area contributed by atoms with Crippen molar-refractivity contribution < 1.29 is 9.90 Å². The highest BCUT2D eigenvalue weighted by Crippen LogP contribution is 2.32. The molecule has 2 amide bonds. The van der Waals surface area contributed by atoms with E-state index < -0.39 is 0 Å². The number of benzene rings is 1. The van der Waals surface area contributed by atoms with E-state index in [9.17, 15) is 4.79 Å². The van der Waals surface area contributed by atoms with Crippen LogP contribution < -0.4 is 10.6 Å². The highest BCUT2D eigenvalue weighted by atomic mass is 32.2. The van der Waals surface area contributed by atoms with E-state index in [0.29, 0.717) is 13.0 Å². The summed E-state index contributed by atoms with van der Waals surface area (Å²) >= 11 is 1.80. The molecule has 0 radical (unpaired) electrons. The Morgan fingerprint density at radius 3 is 2.23 bits per heavy atom. The van der Waals surface area contributed by atoms with Crippen LogP contribution in [0.4, 0.5) is 10.5 Å². The summed E-state index contributed by atoms with van der Waals surface area (Å²) in [6, 6.07) is 7.63. The maximum atomic E-state index is 11.9. The van der Waals surface area contributed by atoms with Gasteiger partial charge in [0.15, 0.2) is 0 Å². The fourth-order valence-electron chi connectivity index (χ4n) is 1.85. The lowest BCUT2D eigenvalue weighted by Crippen LogP contribution is -2.37. The van der Waals surface area contributed by atoms with Gasteiger partial charge in [-0.1, -0.05) is 34.6 Å². The molecule has 0 atom stereocenters. The number of hydrogen-bond acceptors (Lipinski definition) is 3. The summed E-state index contributed by atoms with van der Waals surface area (Å²) in [5.41, 5.74) is 0.662. The van der Waals surface area contributed by atoms with Crippen molar-refractivity contribution in [2.24, 2.45) is 5.41 Å². The van der Waals surface area contributed by atoms with Gasteiger partial charge in [-0.15, -0.1) is 11.8 Å². The molecule has 5 heteroatoms. The van der Waals surface area contributed by atoms with Crippen LogP contribution in [0.3, 0.4) is 0 Å². The maximum Gasteiger partial charge on any atom is 0.319 e. The van der Waals surface area contributed by atoms with Gasteiger partial charge in [0.1, 0.15) is 0 Å². The largest absolute Gasteiger partial charge is 0.396 e. The number of hydrogen-bond donors (Lipinski definition) is 3. The van der Waals surface area contributed by atoms with Crippen LogP contribution >= 0.6 is 11.8 Å². The molecule has 0 unspecified atom stereocenters. The topological polar surface area (TPSA) is 61.4 Å². The van der Waals surface area contributed by atoms with Crippen molar-refractivity contribution in [2.45, 2.75) is 50.7 Å². The van der Waals surface area contributed by atoms with Crippen molar-refractivity contribution in [1.82, 2.24) is 5.32 Å². The molecular formula is C17H28N2O2S. The smallest absolute Gasteiger partial charge is 0.319 e. The molecule has 0 aliphatic rings. The molecule has 0 saturated heterocycles. The summed E-state index contributed by atoms with van der Waals surface area (Å²) in [6.07, 6.45) is 0.659. The van der Waals surface area contributed by atoms with E-state index in [2.05, 4.69) is 31.4 Å². The summed E-state index contributed by atoms with van der Waals surface area (Å²) in [5, 5.41) is 14.6. The summed E-state index contributed by atoms with van der Waals surface area (Å²) in [4.78, 5) is 13.1. The number of amides is 2. The Hall–Kier alpha value is -1.20. The van der Waals surface area contributed by atoms with Gasteiger partial charge in [0.2, 0.25) is 0 Å². The third-order valence-corrected chi connectivity index (χ3v) is 4.17.